The summed E-state index contributed by atoms with van der Waals surface area (Å²) in [7, 11) is -10.7. The summed E-state index contributed by atoms with van der Waals surface area (Å²) in [5, 5.41) is 64.2. The van der Waals surface area contributed by atoms with Gasteiger partial charge >= 0.3 is 169 Å². The molecule has 0 amide bonds. The Kier molecular flexibility index (Phi) is 23.1. The molecule has 0 aromatic heterocycles. The van der Waals surface area contributed by atoms with Crippen molar-refractivity contribution in [2.75, 3.05) is 0 Å². The van der Waals surface area contributed by atoms with Gasteiger partial charge in [0.05, 0.1) is 65.7 Å². The fraction of sp³-hybridized carbons (Fsp3) is 0.231. The quantitative estimate of drug-likeness (QED) is 0.0981. The molecule has 12 rings (SSSR count). The van der Waals surface area contributed by atoms with E-state index < -0.39 is 63.6 Å². The van der Waals surface area contributed by atoms with E-state index in [0.717, 1.165) is 64.6 Å². The summed E-state index contributed by atoms with van der Waals surface area (Å²) >= 11 is -3.82. The van der Waals surface area contributed by atoms with Crippen molar-refractivity contribution in [1.29, 1.82) is 0 Å². The van der Waals surface area contributed by atoms with Gasteiger partial charge in [-0.2, -0.15) is 0 Å². The molecule has 0 atom stereocenters. The molecule has 16 heteroatoms. The largest absolute Gasteiger partial charge is 1.20 e. The van der Waals surface area contributed by atoms with Gasteiger partial charge in [-0.1, -0.05) is 313 Å². The first-order valence-electron chi connectivity index (χ1n) is 32.1. The fourth-order valence-corrected chi connectivity index (χ4v) is 21.3. The minimum atomic E-state index is -3.82. The molecule has 0 spiro atoms. The Hall–Kier alpha value is -2.26. The zero-order valence-electron chi connectivity index (χ0n) is 59.3. The molecule has 94 heavy (non-hydrogen) atoms. The Morgan fingerprint density at radius 3 is 0.574 bits per heavy atom. The summed E-state index contributed by atoms with van der Waals surface area (Å²) < 4.78 is 23.1. The molecule has 0 radical (unpaired) electrons. The molecule has 12 aromatic rings. The number of hydrogen-bond acceptors (Lipinski definition) is 6. The van der Waals surface area contributed by atoms with Crippen LogP contribution < -0.4 is 212 Å². The predicted molar refractivity (Wildman–Crippen MR) is 405 cm³/mol. The minimum Gasteiger partial charge on any atom is -0.872 e. The normalized spacial score (nSPS) is 12.4. The van der Waals surface area contributed by atoms with Crippen molar-refractivity contribution in [1.82, 2.24) is 0 Å². The molecule has 12 aromatic carbocycles. The van der Waals surface area contributed by atoms with Crippen molar-refractivity contribution >= 4 is 159 Å². The van der Waals surface area contributed by atoms with Crippen LogP contribution in [0, 0.1) is 0 Å². The average molecular weight is 1430 g/mol. The topological polar surface area (TPSA) is 96.9 Å². The van der Waals surface area contributed by atoms with E-state index in [0.29, 0.717) is 50.6 Å². The van der Waals surface area contributed by atoms with Crippen LogP contribution in [0.25, 0.3) is 98.0 Å². The zero-order valence-corrected chi connectivity index (χ0v) is 75.9. The molecule has 0 saturated carbocycles. The maximum Gasteiger partial charge on any atom is 1.20 e. The van der Waals surface area contributed by atoms with Crippen molar-refractivity contribution in [2.45, 2.75) is 118 Å². The predicted octanol–water partition coefficient (Wildman–Crippen LogP) is 7.63. The molecule has 0 heterocycles. The molecule has 0 N–H and O–H groups in total. The van der Waals surface area contributed by atoms with Crippen LogP contribution >= 0.6 is 0 Å². The molecule has 0 unspecified atom stereocenters. The molecule has 0 aliphatic heterocycles. The third-order valence-corrected chi connectivity index (χ3v) is 32.1. The first kappa shape index (κ1) is 75.9. The van der Waals surface area contributed by atoms with Crippen LogP contribution in [0.1, 0.15) is 0 Å². The summed E-state index contributed by atoms with van der Waals surface area (Å²) in [6.07, 6.45) is 0. The van der Waals surface area contributed by atoms with E-state index >= 15 is 15.3 Å². The first-order chi connectivity index (χ1) is 42.6. The number of hydrogen-bond donors (Lipinski definition) is 0. The second kappa shape index (κ2) is 28.6. The standard InChI is InChI=1S/3C26H30O2Si2.Al.3K/c3*1-29(2,3)19-9-11-21-17(15-19)7-13-23(27)25(21)26-22-12-10-20(30(4,5)6)16-18(22)8-14-24(26)28;;;;/h3*7-16,27-28H,1-6H3;;;;/q;;;+3;3*+1/p-6. The van der Waals surface area contributed by atoms with E-state index in [1.165, 1.54) is 31.1 Å². The number of fused-ring (bicyclic) bond motifs is 6. The van der Waals surface area contributed by atoms with Crippen LogP contribution in [0.4, 0.5) is 0 Å². The fourth-order valence-electron chi connectivity index (χ4n) is 12.9. The van der Waals surface area contributed by atoms with Crippen molar-refractivity contribution in [2.24, 2.45) is 0 Å². The summed E-state index contributed by atoms with van der Waals surface area (Å²) in [6.45, 7) is 42.3. The second-order valence-corrected chi connectivity index (χ2v) is 63.1. The molecule has 6 nitrogen and oxygen atoms in total. The van der Waals surface area contributed by atoms with Gasteiger partial charge < -0.3 is 26.7 Å². The van der Waals surface area contributed by atoms with E-state index in [-0.39, 0.29) is 171 Å². The van der Waals surface area contributed by atoms with Crippen LogP contribution in [0.3, 0.4) is 0 Å². The number of rotatable bonds is 15. The van der Waals surface area contributed by atoms with Gasteiger partial charge in [-0.15, -0.1) is 17.2 Å². The Balaban J connectivity index is 0.00000347. The molecular formula is C78H84AlK3O6Si6. The van der Waals surface area contributed by atoms with E-state index in [1.807, 2.05) is 36.4 Å². The molecule has 0 fully saturated rings. The monoisotopic (exact) mass is 1430 g/mol. The Morgan fingerprint density at radius 2 is 0.394 bits per heavy atom. The molecule has 0 bridgehead atoms. The second-order valence-electron chi connectivity index (χ2n) is 31.4. The van der Waals surface area contributed by atoms with Gasteiger partial charge in [0.2, 0.25) is 0 Å². The van der Waals surface area contributed by atoms with Gasteiger partial charge in [0.1, 0.15) is 0 Å². The maximum atomic E-state index is 15.1. The maximum absolute atomic E-state index is 15.1. The van der Waals surface area contributed by atoms with Gasteiger partial charge in [0, 0.05) is 16.7 Å². The van der Waals surface area contributed by atoms with E-state index in [4.69, 9.17) is 11.4 Å². The van der Waals surface area contributed by atoms with Gasteiger partial charge in [-0.25, -0.2) is 0 Å². The zero-order chi connectivity index (χ0) is 65.2. The van der Waals surface area contributed by atoms with Crippen LogP contribution in [0.5, 0.6) is 34.5 Å². The Morgan fingerprint density at radius 1 is 0.223 bits per heavy atom. The Labute approximate surface area is 696 Å². The van der Waals surface area contributed by atoms with E-state index in [2.05, 4.69) is 245 Å². The van der Waals surface area contributed by atoms with Crippen LogP contribution in [0.15, 0.2) is 182 Å². The third-order valence-electron chi connectivity index (χ3n) is 18.5. The summed E-state index contributed by atoms with van der Waals surface area (Å²) in [6, 6.07) is 63.0. The van der Waals surface area contributed by atoms with Gasteiger partial charge in [-0.05, 0) is 99.5 Å². The van der Waals surface area contributed by atoms with Crippen LogP contribution in [-0.4, -0.2) is 63.6 Å². The SMILES string of the molecule is C[Si](C)(C)c1ccc2c(-c3c([O][Al]([O]c4ccc5cc([Si](C)(C)C)ccc5c4-c4c([O-])ccc5cc([Si](C)(C)C)ccc45)[O]c4ccc5cc([Si](C)(C)C)ccc5c4-c4c([O-])ccc5cc([Si](C)(C)C)ccc45)ccc4cc([Si](C)(C)C)ccc34)c([O-])ccc2c1.[K+].[K+].[K+]. The van der Waals surface area contributed by atoms with Gasteiger partial charge in [0.15, 0.2) is 0 Å². The van der Waals surface area contributed by atoms with Crippen molar-refractivity contribution in [3.8, 4) is 67.9 Å². The van der Waals surface area contributed by atoms with Crippen molar-refractivity contribution in [3.05, 3.63) is 182 Å². The first-order valence-corrected chi connectivity index (χ1v) is 54.5. The summed E-state index contributed by atoms with van der Waals surface area (Å²) in [5.41, 5.74) is 3.57. The van der Waals surface area contributed by atoms with Crippen LogP contribution in [-0.2, 0) is 0 Å². The molecule has 0 aliphatic rings. The minimum absolute atomic E-state index is 0. The summed E-state index contributed by atoms with van der Waals surface area (Å²) in [4.78, 5) is 0. The van der Waals surface area contributed by atoms with Gasteiger partial charge in [-0.3, -0.25) is 0 Å². The third kappa shape index (κ3) is 15.5. The molecule has 0 aliphatic carbocycles. The number of benzene rings is 12. The average Bonchev–Trinajstić information content (AvgIpc) is 0.755. The van der Waals surface area contributed by atoms with Crippen molar-refractivity contribution in [3.63, 3.8) is 0 Å². The summed E-state index contributed by atoms with van der Waals surface area (Å²) in [5.74, 6) is 0.893. The van der Waals surface area contributed by atoms with Crippen molar-refractivity contribution < 1.29 is 181 Å². The Bertz CT molecular complexity index is 4450. The van der Waals surface area contributed by atoms with Crippen LogP contribution in [0.2, 0.25) is 118 Å². The van der Waals surface area contributed by atoms with Gasteiger partial charge in [0.25, 0.3) is 0 Å². The molecular weight excluding hydrogens is 1350 g/mol. The molecule has 462 valence electrons. The van der Waals surface area contributed by atoms with E-state index in [1.54, 1.807) is 18.2 Å². The van der Waals surface area contributed by atoms with E-state index in [9.17, 15) is 0 Å². The smallest absolute Gasteiger partial charge is 0.872 e. The molecule has 0 saturated heterocycles.